The fourth-order valence-electron chi connectivity index (χ4n) is 4.81. The first-order chi connectivity index (χ1) is 13.5. The number of carboxylic acid groups (broad SMARTS) is 1. The van der Waals surface area contributed by atoms with Crippen molar-refractivity contribution in [1.29, 1.82) is 0 Å². The summed E-state index contributed by atoms with van der Waals surface area (Å²) in [5, 5.41) is 27.8. The molecule has 1 aromatic rings. The van der Waals surface area contributed by atoms with Gasteiger partial charge in [0, 0.05) is 18.2 Å². The summed E-state index contributed by atoms with van der Waals surface area (Å²) in [6.07, 6.45) is 5.10. The van der Waals surface area contributed by atoms with Crippen LogP contribution in [0.4, 0.5) is 0 Å². The molecule has 1 heterocycles. The molecule has 0 amide bonds. The van der Waals surface area contributed by atoms with E-state index in [1.807, 2.05) is 0 Å². The summed E-state index contributed by atoms with van der Waals surface area (Å²) in [7, 11) is -1.36. The van der Waals surface area contributed by atoms with Gasteiger partial charge >= 0.3 is 13.1 Å². The van der Waals surface area contributed by atoms with E-state index in [2.05, 4.69) is 29.2 Å². The molecule has 3 rings (SSSR count). The SMILES string of the molecule is NC/C(CCCB(O)O)=C(\C(=O)O)C1CCN(C2Cc3ccccc3C2)CC1. The minimum Gasteiger partial charge on any atom is -0.478 e. The number of aliphatic carboxylic acids is 1. The summed E-state index contributed by atoms with van der Waals surface area (Å²) >= 11 is 0. The minimum absolute atomic E-state index is 0.0233. The summed E-state index contributed by atoms with van der Waals surface area (Å²) in [5.74, 6) is -0.855. The van der Waals surface area contributed by atoms with Crippen LogP contribution in [0.1, 0.15) is 36.8 Å². The smallest absolute Gasteiger partial charge is 0.451 e. The van der Waals surface area contributed by atoms with Gasteiger partial charge in [0.15, 0.2) is 0 Å². The van der Waals surface area contributed by atoms with Crippen LogP contribution < -0.4 is 5.73 Å². The maximum Gasteiger partial charge on any atom is 0.451 e. The quantitative estimate of drug-likeness (QED) is 0.398. The van der Waals surface area contributed by atoms with Gasteiger partial charge in [-0.3, -0.25) is 4.90 Å². The molecule has 0 atom stereocenters. The van der Waals surface area contributed by atoms with Crippen LogP contribution in [0.2, 0.25) is 6.32 Å². The summed E-state index contributed by atoms with van der Waals surface area (Å²) < 4.78 is 0. The van der Waals surface area contributed by atoms with Crippen molar-refractivity contribution in [2.24, 2.45) is 11.7 Å². The lowest BCUT2D eigenvalue weighted by Crippen LogP contribution is -2.43. The topological polar surface area (TPSA) is 107 Å². The van der Waals surface area contributed by atoms with Crippen molar-refractivity contribution < 1.29 is 19.9 Å². The lowest BCUT2D eigenvalue weighted by Gasteiger charge is -2.36. The Hall–Kier alpha value is -1.67. The average Bonchev–Trinajstić information content (AvgIpc) is 3.11. The fourth-order valence-corrected chi connectivity index (χ4v) is 4.81. The molecule has 1 aliphatic carbocycles. The second kappa shape index (κ2) is 9.70. The number of carboxylic acids is 1. The van der Waals surface area contributed by atoms with Gasteiger partial charge in [-0.1, -0.05) is 30.7 Å². The second-order valence-electron chi connectivity index (χ2n) is 8.04. The summed E-state index contributed by atoms with van der Waals surface area (Å²) in [5.41, 5.74) is 9.95. The number of hydrogen-bond donors (Lipinski definition) is 4. The zero-order valence-corrected chi connectivity index (χ0v) is 16.4. The van der Waals surface area contributed by atoms with Crippen LogP contribution in [0.25, 0.3) is 0 Å². The Kier molecular flexibility index (Phi) is 7.29. The number of carbonyl (C=O) groups is 1. The third-order valence-corrected chi connectivity index (χ3v) is 6.28. The van der Waals surface area contributed by atoms with Crippen LogP contribution in [-0.4, -0.2) is 58.8 Å². The fraction of sp³-hybridized carbons (Fsp3) is 0.571. The number of piperidine rings is 1. The van der Waals surface area contributed by atoms with Crippen LogP contribution in [0.3, 0.4) is 0 Å². The molecule has 0 bridgehead atoms. The van der Waals surface area contributed by atoms with Gasteiger partial charge in [0.05, 0.1) is 0 Å². The monoisotopic (exact) mass is 386 g/mol. The highest BCUT2D eigenvalue weighted by Crippen LogP contribution is 2.32. The molecule has 1 aromatic carbocycles. The van der Waals surface area contributed by atoms with E-state index in [0.717, 1.165) is 44.3 Å². The van der Waals surface area contributed by atoms with Crippen molar-refractivity contribution in [3.63, 3.8) is 0 Å². The molecule has 0 saturated carbocycles. The zero-order valence-electron chi connectivity index (χ0n) is 16.4. The van der Waals surface area contributed by atoms with E-state index in [9.17, 15) is 9.90 Å². The van der Waals surface area contributed by atoms with Crippen LogP contribution >= 0.6 is 0 Å². The van der Waals surface area contributed by atoms with E-state index in [4.69, 9.17) is 15.8 Å². The van der Waals surface area contributed by atoms with Crippen LogP contribution in [0.15, 0.2) is 35.4 Å². The zero-order chi connectivity index (χ0) is 20.1. The Morgan fingerprint density at radius 3 is 2.25 bits per heavy atom. The molecule has 2 aliphatic rings. The van der Waals surface area contributed by atoms with Crippen molar-refractivity contribution >= 4 is 13.1 Å². The first kappa shape index (κ1) is 21.1. The molecule has 28 heavy (non-hydrogen) atoms. The molecule has 0 spiro atoms. The number of rotatable bonds is 8. The van der Waals surface area contributed by atoms with E-state index in [1.165, 1.54) is 11.1 Å². The molecule has 0 aromatic heterocycles. The van der Waals surface area contributed by atoms with Gasteiger partial charge in [-0.25, -0.2) is 4.79 Å². The van der Waals surface area contributed by atoms with Crippen LogP contribution in [0, 0.1) is 5.92 Å². The standard InChI is InChI=1S/C21H31BN2O4/c23-14-18(6-3-9-22(27)28)20(21(25)26)15-7-10-24(11-8-15)19-12-16-4-1-2-5-17(16)13-19/h1-2,4-5,15,19,27-28H,3,6-14,23H2,(H,25,26)/b20-18-. The number of nitrogens with zero attached hydrogens (tertiary/aromatic N) is 1. The molecule has 1 aliphatic heterocycles. The average molecular weight is 386 g/mol. The van der Waals surface area contributed by atoms with Gasteiger partial charge in [0.2, 0.25) is 0 Å². The number of nitrogens with two attached hydrogens (primary N) is 1. The Morgan fingerprint density at radius 2 is 1.75 bits per heavy atom. The molecule has 1 fully saturated rings. The molecule has 0 unspecified atom stereocenters. The van der Waals surface area contributed by atoms with E-state index < -0.39 is 13.1 Å². The van der Waals surface area contributed by atoms with Gasteiger partial charge in [0.25, 0.3) is 0 Å². The summed E-state index contributed by atoms with van der Waals surface area (Å²) in [4.78, 5) is 14.5. The lowest BCUT2D eigenvalue weighted by molar-refractivity contribution is -0.133. The first-order valence-electron chi connectivity index (χ1n) is 10.3. The van der Waals surface area contributed by atoms with Crippen molar-refractivity contribution in [2.45, 2.75) is 50.9 Å². The minimum atomic E-state index is -1.36. The lowest BCUT2D eigenvalue weighted by atomic mass is 9.80. The third-order valence-electron chi connectivity index (χ3n) is 6.28. The van der Waals surface area contributed by atoms with Crippen molar-refractivity contribution in [3.8, 4) is 0 Å². The predicted octanol–water partition coefficient (Wildman–Crippen LogP) is 1.46. The largest absolute Gasteiger partial charge is 0.478 e. The molecule has 0 radical (unpaired) electrons. The Bertz CT molecular complexity index is 689. The Labute approximate surface area is 167 Å². The van der Waals surface area contributed by atoms with E-state index in [-0.39, 0.29) is 18.8 Å². The molecule has 5 N–H and O–H groups in total. The van der Waals surface area contributed by atoms with Gasteiger partial charge in [-0.15, -0.1) is 0 Å². The van der Waals surface area contributed by atoms with Gasteiger partial charge in [-0.2, -0.15) is 0 Å². The highest BCUT2D eigenvalue weighted by Gasteiger charge is 2.33. The normalized spacial score (nSPS) is 19.4. The van der Waals surface area contributed by atoms with E-state index in [1.54, 1.807) is 0 Å². The number of likely N-dealkylation sites (tertiary alicyclic amines) is 1. The highest BCUT2D eigenvalue weighted by atomic mass is 16.4. The summed E-state index contributed by atoms with van der Waals surface area (Å²) in [6.45, 7) is 2.03. The predicted molar refractivity (Wildman–Crippen MR) is 110 cm³/mol. The van der Waals surface area contributed by atoms with Crippen molar-refractivity contribution in [2.75, 3.05) is 19.6 Å². The summed E-state index contributed by atoms with van der Waals surface area (Å²) in [6, 6.07) is 9.15. The van der Waals surface area contributed by atoms with Gasteiger partial charge in [0.1, 0.15) is 0 Å². The van der Waals surface area contributed by atoms with Crippen LogP contribution in [0.5, 0.6) is 0 Å². The van der Waals surface area contributed by atoms with Crippen molar-refractivity contribution in [3.05, 3.63) is 46.5 Å². The molecule has 152 valence electrons. The van der Waals surface area contributed by atoms with Crippen molar-refractivity contribution in [1.82, 2.24) is 4.90 Å². The van der Waals surface area contributed by atoms with Gasteiger partial charge in [-0.05, 0) is 74.1 Å². The number of fused-ring (bicyclic) bond motifs is 1. The molecular weight excluding hydrogens is 355 g/mol. The molecule has 1 saturated heterocycles. The molecular formula is C21H31BN2O4. The Balaban J connectivity index is 1.61. The molecule has 6 nitrogen and oxygen atoms in total. The third kappa shape index (κ3) is 5.03. The number of benzene rings is 1. The second-order valence-corrected chi connectivity index (χ2v) is 8.04. The highest BCUT2D eigenvalue weighted by molar-refractivity contribution is 6.40. The maximum atomic E-state index is 12.0. The van der Waals surface area contributed by atoms with E-state index in [0.29, 0.717) is 24.5 Å². The number of hydrogen-bond acceptors (Lipinski definition) is 5. The molecule has 7 heteroatoms. The maximum absolute atomic E-state index is 12.0. The Morgan fingerprint density at radius 1 is 1.14 bits per heavy atom. The van der Waals surface area contributed by atoms with E-state index >= 15 is 0 Å². The first-order valence-corrected chi connectivity index (χ1v) is 10.3. The van der Waals surface area contributed by atoms with Crippen LogP contribution in [-0.2, 0) is 17.6 Å². The van der Waals surface area contributed by atoms with Gasteiger partial charge < -0.3 is 20.9 Å².